The van der Waals surface area contributed by atoms with Gasteiger partial charge in [-0.25, -0.2) is 0 Å². The molecule has 0 aliphatic heterocycles. The molecule has 0 saturated heterocycles. The summed E-state index contributed by atoms with van der Waals surface area (Å²) in [6, 6.07) is 0. The summed E-state index contributed by atoms with van der Waals surface area (Å²) in [5.41, 5.74) is 0. The van der Waals surface area contributed by atoms with Crippen LogP contribution < -0.4 is 0 Å². The Hall–Kier alpha value is 0.426. The third kappa shape index (κ3) is 7440. The first kappa shape index (κ1) is 29.2. The molecule has 13 heavy (non-hydrogen) atoms. The molecule has 0 radical (unpaired) electrons. The molecule has 0 bridgehead atoms. The summed E-state index contributed by atoms with van der Waals surface area (Å²) >= 11 is 0. The van der Waals surface area contributed by atoms with Crippen molar-refractivity contribution in [3.63, 3.8) is 0 Å². The van der Waals surface area contributed by atoms with Gasteiger partial charge in [0.25, 0.3) is 0 Å². The third-order valence-corrected chi connectivity index (χ3v) is 0. The molecule has 10 nitrogen and oxygen atoms in total. The van der Waals surface area contributed by atoms with Crippen molar-refractivity contribution >= 4 is 43.9 Å². The molecule has 0 aromatic rings. The van der Waals surface area contributed by atoms with E-state index in [1.54, 1.807) is 0 Å². The molecule has 0 rings (SSSR count). The zero-order valence-electron chi connectivity index (χ0n) is 5.87. The zero-order chi connectivity index (χ0) is 9.00. The summed E-state index contributed by atoms with van der Waals surface area (Å²) in [5.74, 6) is 0. The molecule has 0 aromatic heterocycles. The summed E-state index contributed by atoms with van der Waals surface area (Å²) in [5, 5.41) is 0. The summed E-state index contributed by atoms with van der Waals surface area (Å²) < 4.78 is 65.7. The minimum Gasteiger partial charge on any atom is -0.759 e. The van der Waals surface area contributed by atoms with Crippen molar-refractivity contribution in [2.75, 3.05) is 0 Å². The average molecular weight is 254 g/mol. The van der Waals surface area contributed by atoms with E-state index in [1.807, 2.05) is 0 Å². The van der Waals surface area contributed by atoms with Crippen LogP contribution in [0.1, 0.15) is 0 Å². The first-order valence-electron chi connectivity index (χ1n) is 1.37. The monoisotopic (exact) mass is 254 g/mol. The van der Waals surface area contributed by atoms with Gasteiger partial charge in [0.1, 0.15) is 0 Å². The van der Waals surface area contributed by atoms with Gasteiger partial charge < -0.3 is 20.1 Å². The van der Waals surface area contributed by atoms with Gasteiger partial charge in [-0.05, 0) is 0 Å². The van der Waals surface area contributed by atoms with E-state index in [0.29, 0.717) is 0 Å². The van der Waals surface area contributed by atoms with E-state index in [-0.39, 0.29) is 34.0 Å². The van der Waals surface area contributed by atoms with Crippen LogP contribution >= 0.6 is 0 Å². The van der Waals surface area contributed by atoms with Crippen LogP contribution in [-0.2, 0) is 20.8 Å². The van der Waals surface area contributed by atoms with Crippen molar-refractivity contribution in [1.82, 2.24) is 0 Å². The van der Waals surface area contributed by atoms with Gasteiger partial charge in [-0.3, -0.25) is 17.5 Å². The second-order valence-corrected chi connectivity index (χ2v) is 2.57. The summed E-state index contributed by atoms with van der Waals surface area (Å²) in [6.07, 6.45) is 0. The van der Waals surface area contributed by atoms with Crippen LogP contribution in [0.5, 0.6) is 0 Å². The molecular formula is H6MgO10S2. The fourth-order valence-corrected chi connectivity index (χ4v) is 0. The quantitative estimate of drug-likeness (QED) is 0.245. The van der Waals surface area contributed by atoms with Gasteiger partial charge >= 0.3 is 33.5 Å². The SMILES string of the molecule is O.O.O=S(=O)(O)O.O=S(=O)([O-])[O-].[Mg+2]. The van der Waals surface area contributed by atoms with E-state index in [9.17, 15) is 0 Å². The number of rotatable bonds is 0. The standard InChI is InChI=1S/Mg.2H2O4S.2H2O/c;2*1-5(2,3)4;;/h;2*(H2,1,2,3,4);2*1H2/q+2;;;;/p-2. The Labute approximate surface area is 89.9 Å². The van der Waals surface area contributed by atoms with E-state index in [1.165, 1.54) is 0 Å². The van der Waals surface area contributed by atoms with Gasteiger partial charge in [0.2, 0.25) is 0 Å². The van der Waals surface area contributed by atoms with Crippen LogP contribution in [0.4, 0.5) is 0 Å². The maximum absolute atomic E-state index is 8.74. The molecule has 6 N–H and O–H groups in total. The maximum atomic E-state index is 8.74. The molecular weight excluding hydrogens is 248 g/mol. The van der Waals surface area contributed by atoms with Crippen molar-refractivity contribution in [2.24, 2.45) is 0 Å². The van der Waals surface area contributed by atoms with E-state index in [2.05, 4.69) is 0 Å². The molecule has 0 aliphatic carbocycles. The van der Waals surface area contributed by atoms with Gasteiger partial charge in [-0.1, -0.05) is 0 Å². The molecule has 0 unspecified atom stereocenters. The Morgan fingerprint density at radius 3 is 0.846 bits per heavy atom. The second-order valence-electron chi connectivity index (χ2n) is 0.856. The molecule has 0 aliphatic rings. The number of hydrogen-bond donors (Lipinski definition) is 2. The molecule has 13 heteroatoms. The zero-order valence-corrected chi connectivity index (χ0v) is 8.91. The molecule has 0 aromatic carbocycles. The predicted octanol–water partition coefficient (Wildman–Crippen LogP) is -4.02. The second kappa shape index (κ2) is 10.5. The first-order chi connectivity index (χ1) is 4.00. The van der Waals surface area contributed by atoms with Crippen LogP contribution in [0.3, 0.4) is 0 Å². The molecule has 0 amide bonds. The fraction of sp³-hybridized carbons (Fsp3) is 0. The minimum atomic E-state index is -5.17. The van der Waals surface area contributed by atoms with Gasteiger partial charge in [0, 0.05) is 10.4 Å². The third-order valence-electron chi connectivity index (χ3n) is 0. The average Bonchev–Trinajstić information content (AvgIpc) is 1.12. The van der Waals surface area contributed by atoms with Crippen molar-refractivity contribution < 1.29 is 46.0 Å². The Bertz CT molecular complexity index is 209. The fourth-order valence-electron chi connectivity index (χ4n) is 0. The smallest absolute Gasteiger partial charge is 0.759 e. The Morgan fingerprint density at radius 1 is 0.846 bits per heavy atom. The minimum absolute atomic E-state index is 0. The topological polar surface area (TPSA) is 218 Å². The molecule has 80 valence electrons. The van der Waals surface area contributed by atoms with Crippen LogP contribution in [0.2, 0.25) is 0 Å². The van der Waals surface area contributed by atoms with Crippen LogP contribution in [0, 0.1) is 0 Å². The van der Waals surface area contributed by atoms with Crippen LogP contribution in [-0.4, -0.2) is 69.1 Å². The van der Waals surface area contributed by atoms with Crippen molar-refractivity contribution in [1.29, 1.82) is 0 Å². The maximum Gasteiger partial charge on any atom is 2.00 e. The van der Waals surface area contributed by atoms with Gasteiger partial charge in [-0.2, -0.15) is 8.42 Å². The molecule has 0 heterocycles. The Balaban J connectivity index is -0.0000000267. The van der Waals surface area contributed by atoms with Crippen LogP contribution in [0.25, 0.3) is 0 Å². The Morgan fingerprint density at radius 2 is 0.846 bits per heavy atom. The van der Waals surface area contributed by atoms with Crippen LogP contribution in [0.15, 0.2) is 0 Å². The number of hydrogen-bond acceptors (Lipinski definition) is 6. The van der Waals surface area contributed by atoms with Gasteiger partial charge in [0.15, 0.2) is 0 Å². The van der Waals surface area contributed by atoms with E-state index >= 15 is 0 Å². The normalized spacial score (nSPS) is 8.92. The van der Waals surface area contributed by atoms with Crippen molar-refractivity contribution in [3.8, 4) is 0 Å². The van der Waals surface area contributed by atoms with E-state index < -0.39 is 20.8 Å². The first-order valence-corrected chi connectivity index (χ1v) is 4.10. The van der Waals surface area contributed by atoms with Gasteiger partial charge in [0.05, 0.1) is 0 Å². The van der Waals surface area contributed by atoms with Crippen molar-refractivity contribution in [3.05, 3.63) is 0 Å². The molecule has 0 saturated carbocycles. The van der Waals surface area contributed by atoms with Gasteiger partial charge in [-0.15, -0.1) is 0 Å². The Kier molecular flexibility index (Phi) is 23.6. The van der Waals surface area contributed by atoms with E-state index in [4.69, 9.17) is 35.0 Å². The molecule has 0 spiro atoms. The largest absolute Gasteiger partial charge is 2.00 e. The molecule has 0 fully saturated rings. The predicted molar refractivity (Wildman–Crippen MR) is 37.6 cm³/mol. The van der Waals surface area contributed by atoms with Crippen molar-refractivity contribution in [2.45, 2.75) is 0 Å². The van der Waals surface area contributed by atoms with E-state index in [0.717, 1.165) is 0 Å². The summed E-state index contributed by atoms with van der Waals surface area (Å²) in [6.45, 7) is 0. The summed E-state index contributed by atoms with van der Waals surface area (Å²) in [7, 11) is -9.83. The molecule has 0 atom stereocenters. The summed E-state index contributed by atoms with van der Waals surface area (Å²) in [4.78, 5) is 0.